The molecule has 0 unspecified atom stereocenters. The van der Waals surface area contributed by atoms with Crippen molar-refractivity contribution < 1.29 is 9.59 Å². The van der Waals surface area contributed by atoms with E-state index in [4.69, 9.17) is 11.6 Å². The molecule has 0 aliphatic heterocycles. The van der Waals surface area contributed by atoms with E-state index < -0.39 is 0 Å². The largest absolute Gasteiger partial charge is 0.314 e. The van der Waals surface area contributed by atoms with E-state index in [1.807, 2.05) is 50.4 Å². The number of aromatic nitrogens is 2. The van der Waals surface area contributed by atoms with E-state index in [0.29, 0.717) is 41.2 Å². The Hall–Kier alpha value is -3.05. The van der Waals surface area contributed by atoms with E-state index in [2.05, 4.69) is 9.97 Å². The van der Waals surface area contributed by atoms with Gasteiger partial charge in [-0.15, -0.1) is 0 Å². The maximum Gasteiger partial charge on any atom is 0.226 e. The molecule has 30 heavy (non-hydrogen) atoms. The van der Waals surface area contributed by atoms with Gasteiger partial charge in [-0.25, -0.2) is 0 Å². The number of halogens is 1. The van der Waals surface area contributed by atoms with Crippen molar-refractivity contribution in [2.24, 2.45) is 0 Å². The Kier molecular flexibility index (Phi) is 6.95. The predicted molar refractivity (Wildman–Crippen MR) is 120 cm³/mol. The van der Waals surface area contributed by atoms with Crippen LogP contribution in [0.2, 0.25) is 5.02 Å². The average Bonchev–Trinajstić information content (AvgIpc) is 2.77. The molecule has 2 aromatic heterocycles. The number of hydrogen-bond acceptors (Lipinski definition) is 4. The van der Waals surface area contributed by atoms with Gasteiger partial charge >= 0.3 is 0 Å². The Morgan fingerprint density at radius 1 is 1.03 bits per heavy atom. The first-order valence-corrected chi connectivity index (χ1v) is 10.2. The van der Waals surface area contributed by atoms with E-state index in [1.54, 1.807) is 30.3 Å². The summed E-state index contributed by atoms with van der Waals surface area (Å²) >= 11 is 6.39. The van der Waals surface area contributed by atoms with Gasteiger partial charge in [-0.2, -0.15) is 0 Å². The third-order valence-corrected chi connectivity index (χ3v) is 5.28. The number of ketones is 1. The zero-order valence-corrected chi connectivity index (χ0v) is 18.1. The lowest BCUT2D eigenvalue weighted by molar-refractivity contribution is -0.118. The fraction of sp³-hybridized carbons (Fsp3) is 0.250. The van der Waals surface area contributed by atoms with Crippen molar-refractivity contribution in [2.75, 3.05) is 11.9 Å². The summed E-state index contributed by atoms with van der Waals surface area (Å²) in [5, 5.41) is 0.477. The smallest absolute Gasteiger partial charge is 0.226 e. The number of carbonyl (C=O) groups excluding carboxylic acids is 2. The molecule has 3 aromatic rings. The van der Waals surface area contributed by atoms with Gasteiger partial charge in [-0.3, -0.25) is 19.6 Å². The first-order valence-electron chi connectivity index (χ1n) is 9.86. The Morgan fingerprint density at radius 2 is 1.83 bits per heavy atom. The molecule has 0 saturated carbocycles. The fourth-order valence-electron chi connectivity index (χ4n) is 3.09. The number of rotatable bonds is 7. The second kappa shape index (κ2) is 9.63. The predicted octanol–water partition coefficient (Wildman–Crippen LogP) is 5.29. The molecule has 0 aliphatic rings. The third kappa shape index (κ3) is 5.10. The lowest BCUT2D eigenvalue weighted by Crippen LogP contribution is -2.25. The summed E-state index contributed by atoms with van der Waals surface area (Å²) in [6, 6.07) is 13.0. The summed E-state index contributed by atoms with van der Waals surface area (Å²) < 4.78 is 0. The van der Waals surface area contributed by atoms with E-state index in [1.165, 1.54) is 0 Å². The topological polar surface area (TPSA) is 63.2 Å². The second-order valence-corrected chi connectivity index (χ2v) is 7.54. The summed E-state index contributed by atoms with van der Waals surface area (Å²) in [6.45, 7) is 3.75. The minimum atomic E-state index is -0.00735. The minimum absolute atomic E-state index is 0.00735. The molecule has 0 aliphatic carbocycles. The van der Waals surface area contributed by atoms with Crippen molar-refractivity contribution in [1.82, 2.24) is 9.97 Å². The lowest BCUT2D eigenvalue weighted by atomic mass is 10.0. The van der Waals surface area contributed by atoms with Crippen LogP contribution >= 0.6 is 11.6 Å². The first kappa shape index (κ1) is 21.7. The van der Waals surface area contributed by atoms with Gasteiger partial charge in [0.2, 0.25) is 5.91 Å². The van der Waals surface area contributed by atoms with Crippen LogP contribution in [0.3, 0.4) is 0 Å². The lowest BCUT2D eigenvalue weighted by Gasteiger charge is -2.18. The molecule has 0 spiro atoms. The highest BCUT2D eigenvalue weighted by Gasteiger charge is 2.14. The van der Waals surface area contributed by atoms with Crippen molar-refractivity contribution >= 4 is 29.0 Å². The van der Waals surface area contributed by atoms with Crippen LogP contribution in [-0.4, -0.2) is 28.7 Å². The highest BCUT2D eigenvalue weighted by Crippen LogP contribution is 2.30. The molecule has 0 saturated heterocycles. The van der Waals surface area contributed by atoms with Gasteiger partial charge < -0.3 is 4.90 Å². The van der Waals surface area contributed by atoms with Crippen LogP contribution in [0.5, 0.6) is 0 Å². The van der Waals surface area contributed by atoms with Crippen LogP contribution in [0.4, 0.5) is 5.69 Å². The maximum absolute atomic E-state index is 12.5. The average molecular weight is 422 g/mol. The number of benzene rings is 1. The fourth-order valence-corrected chi connectivity index (χ4v) is 3.40. The zero-order valence-electron chi connectivity index (χ0n) is 17.4. The molecule has 5 nitrogen and oxygen atoms in total. The quantitative estimate of drug-likeness (QED) is 0.486. The molecule has 0 radical (unpaired) electrons. The molecule has 1 aromatic carbocycles. The van der Waals surface area contributed by atoms with E-state index >= 15 is 0 Å². The molecule has 0 N–H and O–H groups in total. The Labute approximate surface area is 181 Å². The molecule has 0 atom stereocenters. The number of nitrogens with zero attached hydrogens (tertiary/aromatic N) is 3. The van der Waals surface area contributed by atoms with Gasteiger partial charge in [-0.05, 0) is 49.2 Å². The number of Topliss-reactive ketones (excluding diaryl/α,β-unsaturated/α-hetero) is 1. The second-order valence-electron chi connectivity index (χ2n) is 7.14. The summed E-state index contributed by atoms with van der Waals surface area (Å²) in [4.78, 5) is 34.6. The van der Waals surface area contributed by atoms with E-state index in [-0.39, 0.29) is 11.7 Å². The van der Waals surface area contributed by atoms with Gasteiger partial charge in [0.05, 0.1) is 16.4 Å². The van der Waals surface area contributed by atoms with Crippen LogP contribution in [0, 0.1) is 6.92 Å². The van der Waals surface area contributed by atoms with Crippen molar-refractivity contribution in [3.05, 3.63) is 76.7 Å². The SMILES string of the molecule is CCC(=O)N(C)c1ccc(-c2ccc(C(=O)CCc3ccc(C)nc3)cn2)cc1Cl. The molecule has 0 fully saturated rings. The molecular weight excluding hydrogens is 398 g/mol. The molecular formula is C24H24ClN3O2. The number of anilines is 1. The normalized spacial score (nSPS) is 10.7. The highest BCUT2D eigenvalue weighted by molar-refractivity contribution is 6.34. The van der Waals surface area contributed by atoms with Gasteiger partial charge in [0, 0.05) is 49.1 Å². The molecule has 0 bridgehead atoms. The van der Waals surface area contributed by atoms with Crippen LogP contribution in [0.25, 0.3) is 11.3 Å². The monoisotopic (exact) mass is 421 g/mol. The van der Waals surface area contributed by atoms with Crippen LogP contribution in [0.15, 0.2) is 54.9 Å². The molecule has 2 heterocycles. The first-order chi connectivity index (χ1) is 14.4. The molecule has 6 heteroatoms. The Bertz CT molecular complexity index is 1050. The highest BCUT2D eigenvalue weighted by atomic mass is 35.5. The number of amides is 1. The number of pyridine rings is 2. The summed E-state index contributed by atoms with van der Waals surface area (Å²) in [5.41, 5.74) is 4.78. The standard InChI is InChI=1S/C24H24ClN3O2/c1-4-24(30)28(3)22-11-9-18(13-20(22)25)21-10-8-19(15-27-21)23(29)12-7-17-6-5-16(2)26-14-17/h5-6,8-11,13-15H,4,7,12H2,1-3H3. The number of hydrogen-bond donors (Lipinski definition) is 0. The maximum atomic E-state index is 12.5. The van der Waals surface area contributed by atoms with Gasteiger partial charge in [-0.1, -0.05) is 30.7 Å². The van der Waals surface area contributed by atoms with Crippen molar-refractivity contribution in [3.8, 4) is 11.3 Å². The molecule has 154 valence electrons. The van der Waals surface area contributed by atoms with Gasteiger partial charge in [0.15, 0.2) is 5.78 Å². The van der Waals surface area contributed by atoms with E-state index in [9.17, 15) is 9.59 Å². The Balaban J connectivity index is 1.69. The minimum Gasteiger partial charge on any atom is -0.314 e. The third-order valence-electron chi connectivity index (χ3n) is 4.98. The zero-order chi connectivity index (χ0) is 21.7. The van der Waals surface area contributed by atoms with Crippen molar-refractivity contribution in [1.29, 1.82) is 0 Å². The summed E-state index contributed by atoms with van der Waals surface area (Å²) in [6.07, 6.45) is 4.87. The van der Waals surface area contributed by atoms with Gasteiger partial charge in [0.1, 0.15) is 0 Å². The van der Waals surface area contributed by atoms with Crippen LogP contribution in [0.1, 0.15) is 41.4 Å². The summed E-state index contributed by atoms with van der Waals surface area (Å²) in [7, 11) is 1.71. The van der Waals surface area contributed by atoms with Gasteiger partial charge in [0.25, 0.3) is 0 Å². The Morgan fingerprint density at radius 3 is 2.43 bits per heavy atom. The van der Waals surface area contributed by atoms with Crippen LogP contribution in [-0.2, 0) is 11.2 Å². The van der Waals surface area contributed by atoms with Crippen LogP contribution < -0.4 is 4.90 Å². The van der Waals surface area contributed by atoms with Crippen molar-refractivity contribution in [2.45, 2.75) is 33.1 Å². The van der Waals surface area contributed by atoms with E-state index in [0.717, 1.165) is 16.8 Å². The van der Waals surface area contributed by atoms with Crippen molar-refractivity contribution in [3.63, 3.8) is 0 Å². The summed E-state index contributed by atoms with van der Waals surface area (Å²) in [5.74, 6) is 0.0368. The number of aryl methyl sites for hydroxylation is 2. The molecule has 3 rings (SSSR count). The number of carbonyl (C=O) groups is 2. The molecule has 1 amide bonds.